The third kappa shape index (κ3) is 4.47. The summed E-state index contributed by atoms with van der Waals surface area (Å²) in [6, 6.07) is 8.16. The summed E-state index contributed by atoms with van der Waals surface area (Å²) >= 11 is 0. The van der Waals surface area contributed by atoms with Gasteiger partial charge in [-0.05, 0) is 50.2 Å². The zero-order chi connectivity index (χ0) is 16.8. The van der Waals surface area contributed by atoms with Crippen molar-refractivity contribution in [1.29, 1.82) is 0 Å². The number of hydrogen-bond donors (Lipinski definition) is 1. The van der Waals surface area contributed by atoms with Crippen molar-refractivity contribution in [3.05, 3.63) is 29.8 Å². The van der Waals surface area contributed by atoms with E-state index < -0.39 is 0 Å². The molecule has 23 heavy (non-hydrogen) atoms. The van der Waals surface area contributed by atoms with Crippen LogP contribution in [0.5, 0.6) is 5.75 Å². The second-order valence-corrected chi connectivity index (χ2v) is 6.65. The molecule has 0 saturated carbocycles. The Hall–Kier alpha value is -1.55. The number of carbonyl (C=O) groups is 1. The Labute approximate surface area is 140 Å². The van der Waals surface area contributed by atoms with E-state index >= 15 is 0 Å². The van der Waals surface area contributed by atoms with Gasteiger partial charge in [0, 0.05) is 18.6 Å². The molecule has 0 spiro atoms. The Bertz CT molecular complexity index is 516. The van der Waals surface area contributed by atoms with Crippen molar-refractivity contribution >= 4 is 5.91 Å². The van der Waals surface area contributed by atoms with E-state index in [1.807, 2.05) is 30.0 Å². The minimum Gasteiger partial charge on any atom is -0.483 e. The van der Waals surface area contributed by atoms with Crippen molar-refractivity contribution in [1.82, 2.24) is 4.90 Å². The van der Waals surface area contributed by atoms with Crippen molar-refractivity contribution in [2.24, 2.45) is 5.73 Å². The summed E-state index contributed by atoms with van der Waals surface area (Å²) in [5.41, 5.74) is 7.22. The van der Waals surface area contributed by atoms with Crippen molar-refractivity contribution in [3.63, 3.8) is 0 Å². The lowest BCUT2D eigenvalue weighted by molar-refractivity contribution is -0.137. The van der Waals surface area contributed by atoms with Gasteiger partial charge >= 0.3 is 0 Å². The highest BCUT2D eigenvalue weighted by molar-refractivity contribution is 5.78. The third-order valence-electron chi connectivity index (χ3n) is 4.89. The molecule has 1 aromatic rings. The SMILES string of the molecule is CCC(C)c1ccccc1OCC(=O)N1CCCCC1C(C)N. The van der Waals surface area contributed by atoms with Crippen LogP contribution in [0.2, 0.25) is 0 Å². The third-order valence-corrected chi connectivity index (χ3v) is 4.89. The Balaban J connectivity index is 2.01. The minimum atomic E-state index is 0.00616. The molecule has 3 atom stereocenters. The number of para-hydroxylation sites is 1. The molecule has 0 radical (unpaired) electrons. The number of benzene rings is 1. The maximum atomic E-state index is 12.6. The van der Waals surface area contributed by atoms with Gasteiger partial charge in [0.2, 0.25) is 0 Å². The van der Waals surface area contributed by atoms with Crippen LogP contribution in [0.25, 0.3) is 0 Å². The van der Waals surface area contributed by atoms with Crippen LogP contribution in [-0.2, 0) is 4.79 Å². The lowest BCUT2D eigenvalue weighted by atomic mass is 9.97. The van der Waals surface area contributed by atoms with Crippen molar-refractivity contribution in [3.8, 4) is 5.75 Å². The number of likely N-dealkylation sites (tertiary alicyclic amines) is 1. The summed E-state index contributed by atoms with van der Waals surface area (Å²) in [4.78, 5) is 14.5. The van der Waals surface area contributed by atoms with Crippen LogP contribution < -0.4 is 10.5 Å². The first-order chi connectivity index (χ1) is 11.0. The Morgan fingerprint density at radius 1 is 1.35 bits per heavy atom. The quantitative estimate of drug-likeness (QED) is 0.875. The number of nitrogens with two attached hydrogens (primary N) is 1. The summed E-state index contributed by atoms with van der Waals surface area (Å²) < 4.78 is 5.87. The predicted octanol–water partition coefficient (Wildman–Crippen LogP) is 3.31. The number of amides is 1. The molecule has 0 bridgehead atoms. The highest BCUT2D eigenvalue weighted by Crippen LogP contribution is 2.28. The van der Waals surface area contributed by atoms with E-state index in [1.54, 1.807) is 0 Å². The predicted molar refractivity (Wildman–Crippen MR) is 93.6 cm³/mol. The highest BCUT2D eigenvalue weighted by Gasteiger charge is 2.29. The van der Waals surface area contributed by atoms with E-state index in [0.29, 0.717) is 5.92 Å². The van der Waals surface area contributed by atoms with Gasteiger partial charge in [-0.2, -0.15) is 0 Å². The van der Waals surface area contributed by atoms with Gasteiger partial charge in [0.15, 0.2) is 6.61 Å². The van der Waals surface area contributed by atoms with E-state index in [9.17, 15) is 4.79 Å². The van der Waals surface area contributed by atoms with Crippen LogP contribution >= 0.6 is 0 Å². The molecule has 1 saturated heterocycles. The maximum Gasteiger partial charge on any atom is 0.260 e. The lowest BCUT2D eigenvalue weighted by Gasteiger charge is -2.38. The van der Waals surface area contributed by atoms with Gasteiger partial charge in [-0.1, -0.05) is 32.0 Å². The standard InChI is InChI=1S/C19H30N2O2/c1-4-14(2)16-9-5-6-11-18(16)23-13-19(22)21-12-8-7-10-17(21)15(3)20/h5-6,9,11,14-15,17H,4,7-8,10,12-13,20H2,1-3H3. The minimum absolute atomic E-state index is 0.00616. The van der Waals surface area contributed by atoms with Crippen LogP contribution in [0, 0.1) is 0 Å². The fourth-order valence-corrected chi connectivity index (χ4v) is 3.28. The van der Waals surface area contributed by atoms with Gasteiger partial charge in [0.05, 0.1) is 0 Å². The number of hydrogen-bond acceptors (Lipinski definition) is 3. The lowest BCUT2D eigenvalue weighted by Crippen LogP contribution is -2.52. The van der Waals surface area contributed by atoms with E-state index in [0.717, 1.165) is 38.0 Å². The molecule has 128 valence electrons. The monoisotopic (exact) mass is 318 g/mol. The summed E-state index contributed by atoms with van der Waals surface area (Å²) in [5, 5.41) is 0. The molecular formula is C19H30N2O2. The first kappa shape index (κ1) is 17.8. The molecule has 1 amide bonds. The number of rotatable bonds is 6. The fraction of sp³-hybridized carbons (Fsp3) is 0.632. The number of carbonyl (C=O) groups excluding carboxylic acids is 1. The average Bonchev–Trinajstić information content (AvgIpc) is 2.59. The molecule has 1 aliphatic rings. The molecule has 0 aliphatic carbocycles. The molecule has 2 N–H and O–H groups in total. The van der Waals surface area contributed by atoms with Gasteiger partial charge < -0.3 is 15.4 Å². The smallest absolute Gasteiger partial charge is 0.260 e. The van der Waals surface area contributed by atoms with E-state index in [2.05, 4.69) is 19.9 Å². The second-order valence-electron chi connectivity index (χ2n) is 6.65. The van der Waals surface area contributed by atoms with Crippen LogP contribution in [0.15, 0.2) is 24.3 Å². The van der Waals surface area contributed by atoms with Crippen LogP contribution in [0.3, 0.4) is 0 Å². The molecule has 1 aliphatic heterocycles. The van der Waals surface area contributed by atoms with Crippen LogP contribution in [-0.4, -0.2) is 36.0 Å². The summed E-state index contributed by atoms with van der Waals surface area (Å²) in [6.45, 7) is 7.21. The largest absolute Gasteiger partial charge is 0.483 e. The van der Waals surface area contributed by atoms with E-state index in [-0.39, 0.29) is 24.6 Å². The van der Waals surface area contributed by atoms with E-state index in [4.69, 9.17) is 10.5 Å². The second kappa shape index (κ2) is 8.34. The topological polar surface area (TPSA) is 55.6 Å². The zero-order valence-electron chi connectivity index (χ0n) is 14.6. The molecule has 4 heteroatoms. The summed E-state index contributed by atoms with van der Waals surface area (Å²) in [7, 11) is 0. The van der Waals surface area contributed by atoms with Gasteiger partial charge in [-0.3, -0.25) is 4.79 Å². The molecule has 4 nitrogen and oxygen atoms in total. The van der Waals surface area contributed by atoms with Crippen molar-refractivity contribution < 1.29 is 9.53 Å². The van der Waals surface area contributed by atoms with Gasteiger partial charge in [-0.25, -0.2) is 0 Å². The maximum absolute atomic E-state index is 12.6. The number of nitrogens with zero attached hydrogens (tertiary/aromatic N) is 1. The average molecular weight is 318 g/mol. The van der Waals surface area contributed by atoms with Gasteiger partial charge in [-0.15, -0.1) is 0 Å². The van der Waals surface area contributed by atoms with Crippen molar-refractivity contribution in [2.75, 3.05) is 13.2 Å². The fourth-order valence-electron chi connectivity index (χ4n) is 3.28. The Morgan fingerprint density at radius 3 is 2.78 bits per heavy atom. The Morgan fingerprint density at radius 2 is 2.09 bits per heavy atom. The molecule has 1 fully saturated rings. The molecule has 0 aromatic heterocycles. The first-order valence-corrected chi connectivity index (χ1v) is 8.81. The van der Waals surface area contributed by atoms with Crippen molar-refractivity contribution in [2.45, 2.75) is 64.5 Å². The normalized spacial score (nSPS) is 20.9. The Kier molecular flexibility index (Phi) is 6.46. The number of piperidine rings is 1. The highest BCUT2D eigenvalue weighted by atomic mass is 16.5. The summed E-state index contributed by atoms with van der Waals surface area (Å²) in [6.07, 6.45) is 4.24. The van der Waals surface area contributed by atoms with Gasteiger partial charge in [0.25, 0.3) is 5.91 Å². The molecular weight excluding hydrogens is 288 g/mol. The molecule has 3 unspecified atom stereocenters. The first-order valence-electron chi connectivity index (χ1n) is 8.81. The van der Waals surface area contributed by atoms with Crippen LogP contribution in [0.4, 0.5) is 0 Å². The van der Waals surface area contributed by atoms with Crippen LogP contribution in [0.1, 0.15) is 57.9 Å². The van der Waals surface area contributed by atoms with Gasteiger partial charge in [0.1, 0.15) is 5.75 Å². The summed E-state index contributed by atoms with van der Waals surface area (Å²) in [5.74, 6) is 1.30. The molecule has 1 heterocycles. The van der Waals surface area contributed by atoms with E-state index in [1.165, 1.54) is 5.56 Å². The number of ether oxygens (including phenoxy) is 1. The molecule has 1 aromatic carbocycles. The molecule has 2 rings (SSSR count). The zero-order valence-corrected chi connectivity index (χ0v) is 14.6.